The first-order valence-electron chi connectivity index (χ1n) is 6.71. The zero-order valence-electron chi connectivity index (χ0n) is 11.5. The van der Waals surface area contributed by atoms with Gasteiger partial charge in [0, 0.05) is 13.0 Å². The molecule has 0 radical (unpaired) electrons. The molecule has 2 atom stereocenters. The maximum absolute atomic E-state index is 12.0. The number of nitrogens with one attached hydrogen (secondary N) is 1. The summed E-state index contributed by atoms with van der Waals surface area (Å²) in [5.74, 6) is -0.144. The van der Waals surface area contributed by atoms with Gasteiger partial charge in [0.25, 0.3) is 5.91 Å². The monoisotopic (exact) mass is 320 g/mol. The maximum atomic E-state index is 12.0. The lowest BCUT2D eigenvalue weighted by atomic mass is 10.2. The molecule has 1 aliphatic heterocycles. The van der Waals surface area contributed by atoms with Crippen LogP contribution in [-0.4, -0.2) is 34.9 Å². The van der Waals surface area contributed by atoms with Crippen LogP contribution in [0.2, 0.25) is 0 Å². The highest BCUT2D eigenvalue weighted by molar-refractivity contribution is 7.15. The number of halogens is 1. The Kier molecular flexibility index (Phi) is 7.36. The lowest BCUT2D eigenvalue weighted by Crippen LogP contribution is -2.29. The Morgan fingerprint density at radius 2 is 2.30 bits per heavy atom. The van der Waals surface area contributed by atoms with Crippen molar-refractivity contribution in [2.75, 3.05) is 11.9 Å². The minimum absolute atomic E-state index is 0. The molecule has 1 amide bonds. The molecule has 2 rings (SSSR count). The zero-order chi connectivity index (χ0) is 13.7. The fraction of sp³-hybridized carbons (Fsp3) is 0.750. The van der Waals surface area contributed by atoms with E-state index >= 15 is 0 Å². The van der Waals surface area contributed by atoms with Gasteiger partial charge >= 0.3 is 0 Å². The number of hydrogen-bond donors (Lipinski definition) is 2. The van der Waals surface area contributed by atoms with Crippen molar-refractivity contribution in [3.63, 3.8) is 0 Å². The maximum Gasteiger partial charge on any atom is 0.255 e. The number of anilines is 1. The van der Waals surface area contributed by atoms with Crippen molar-refractivity contribution in [3.8, 4) is 0 Å². The first-order chi connectivity index (χ1) is 9.22. The summed E-state index contributed by atoms with van der Waals surface area (Å²) < 4.78 is 5.54. The normalized spacial score (nSPS) is 21.5. The number of nitrogens with zero attached hydrogens (tertiary/aromatic N) is 2. The second kappa shape index (κ2) is 8.51. The minimum atomic E-state index is -0.406. The van der Waals surface area contributed by atoms with E-state index in [4.69, 9.17) is 10.5 Å². The fourth-order valence-electron chi connectivity index (χ4n) is 1.99. The number of amides is 1. The highest BCUT2D eigenvalue weighted by Gasteiger charge is 2.30. The van der Waals surface area contributed by atoms with Gasteiger partial charge in [0.05, 0.1) is 6.10 Å². The molecule has 1 aromatic heterocycles. The summed E-state index contributed by atoms with van der Waals surface area (Å²) in [6.45, 7) is 2.60. The molecule has 0 unspecified atom stereocenters. The van der Waals surface area contributed by atoms with E-state index in [1.807, 2.05) is 0 Å². The number of aryl methyl sites for hydroxylation is 1. The van der Waals surface area contributed by atoms with Crippen molar-refractivity contribution < 1.29 is 9.53 Å². The Morgan fingerprint density at radius 1 is 1.50 bits per heavy atom. The number of rotatable bonds is 6. The van der Waals surface area contributed by atoms with E-state index in [1.54, 1.807) is 0 Å². The summed E-state index contributed by atoms with van der Waals surface area (Å²) in [5, 5.41) is 12.3. The number of carbonyl (C=O) groups is 1. The Balaban J connectivity index is 0.00000200. The van der Waals surface area contributed by atoms with Crippen molar-refractivity contribution in [1.82, 2.24) is 10.2 Å². The molecule has 6 nitrogen and oxygen atoms in total. The highest BCUT2D eigenvalue weighted by Crippen LogP contribution is 2.22. The van der Waals surface area contributed by atoms with Crippen LogP contribution in [0.3, 0.4) is 0 Å². The summed E-state index contributed by atoms with van der Waals surface area (Å²) in [6.07, 6.45) is 4.28. The molecule has 20 heavy (non-hydrogen) atoms. The third-order valence-electron chi connectivity index (χ3n) is 3.10. The van der Waals surface area contributed by atoms with Gasteiger partial charge in [0.2, 0.25) is 5.13 Å². The van der Waals surface area contributed by atoms with E-state index in [0.717, 1.165) is 37.1 Å². The molecule has 0 saturated carbocycles. The molecule has 0 spiro atoms. The summed E-state index contributed by atoms with van der Waals surface area (Å²) in [5.41, 5.74) is 5.52. The number of unbranched alkanes of at least 4 members (excludes halogenated alkanes) is 1. The molecular weight excluding hydrogens is 300 g/mol. The summed E-state index contributed by atoms with van der Waals surface area (Å²) in [4.78, 5) is 12.0. The van der Waals surface area contributed by atoms with Gasteiger partial charge in [0.1, 0.15) is 11.1 Å². The van der Waals surface area contributed by atoms with Crippen LogP contribution in [-0.2, 0) is 16.0 Å². The molecule has 1 aromatic rings. The first-order valence-corrected chi connectivity index (χ1v) is 7.53. The highest BCUT2D eigenvalue weighted by atomic mass is 35.5. The molecule has 0 aromatic carbocycles. The van der Waals surface area contributed by atoms with Gasteiger partial charge in [-0.3, -0.25) is 10.1 Å². The van der Waals surface area contributed by atoms with Crippen LogP contribution >= 0.6 is 23.7 Å². The SMILES string of the molecule is CCCCc1nnc(NC(=O)[C@@H]2CC[C@H](CN)O2)s1.Cl. The van der Waals surface area contributed by atoms with E-state index in [9.17, 15) is 4.79 Å². The minimum Gasteiger partial charge on any atom is -0.364 e. The molecule has 1 aliphatic rings. The van der Waals surface area contributed by atoms with E-state index in [2.05, 4.69) is 22.4 Å². The van der Waals surface area contributed by atoms with Crippen LogP contribution < -0.4 is 11.1 Å². The quantitative estimate of drug-likeness (QED) is 0.833. The Hall–Kier alpha value is -0.760. The van der Waals surface area contributed by atoms with E-state index in [1.165, 1.54) is 11.3 Å². The van der Waals surface area contributed by atoms with Crippen molar-refractivity contribution in [3.05, 3.63) is 5.01 Å². The van der Waals surface area contributed by atoms with Crippen LogP contribution in [0.4, 0.5) is 5.13 Å². The summed E-state index contributed by atoms with van der Waals surface area (Å²) >= 11 is 1.43. The van der Waals surface area contributed by atoms with Crippen molar-refractivity contribution >= 4 is 34.8 Å². The molecule has 1 fully saturated rings. The molecular formula is C12H21ClN4O2S. The molecule has 0 bridgehead atoms. The lowest BCUT2D eigenvalue weighted by Gasteiger charge is -2.10. The summed E-state index contributed by atoms with van der Waals surface area (Å²) in [7, 11) is 0. The van der Waals surface area contributed by atoms with Crippen LogP contribution in [0, 0.1) is 0 Å². The topological polar surface area (TPSA) is 90.1 Å². The van der Waals surface area contributed by atoms with Gasteiger partial charge < -0.3 is 10.5 Å². The predicted octanol–water partition coefficient (Wildman–Crippen LogP) is 1.75. The fourth-order valence-corrected chi connectivity index (χ4v) is 2.78. The molecule has 1 saturated heterocycles. The third kappa shape index (κ3) is 4.66. The zero-order valence-corrected chi connectivity index (χ0v) is 13.1. The van der Waals surface area contributed by atoms with Gasteiger partial charge in [-0.2, -0.15) is 0 Å². The van der Waals surface area contributed by atoms with Crippen LogP contribution in [0.25, 0.3) is 0 Å². The average Bonchev–Trinajstić information content (AvgIpc) is 3.05. The van der Waals surface area contributed by atoms with Crippen LogP contribution in [0.1, 0.15) is 37.6 Å². The lowest BCUT2D eigenvalue weighted by molar-refractivity contribution is -0.126. The van der Waals surface area contributed by atoms with Gasteiger partial charge in [-0.25, -0.2) is 0 Å². The standard InChI is InChI=1S/C12H20N4O2S.ClH/c1-2-3-4-10-15-16-12(19-10)14-11(17)9-6-5-8(7-13)18-9;/h8-9H,2-7,13H2,1H3,(H,14,16,17);1H/t8-,9+;/m1./s1. The Morgan fingerprint density at radius 3 is 2.95 bits per heavy atom. The summed E-state index contributed by atoms with van der Waals surface area (Å²) in [6, 6.07) is 0. The van der Waals surface area contributed by atoms with E-state index in [-0.39, 0.29) is 24.4 Å². The number of nitrogens with two attached hydrogens (primary N) is 1. The Labute approximate surface area is 128 Å². The van der Waals surface area contributed by atoms with E-state index in [0.29, 0.717) is 11.7 Å². The largest absolute Gasteiger partial charge is 0.364 e. The van der Waals surface area contributed by atoms with Gasteiger partial charge in [-0.05, 0) is 19.3 Å². The molecule has 2 heterocycles. The predicted molar refractivity (Wildman–Crippen MR) is 81.3 cm³/mol. The van der Waals surface area contributed by atoms with E-state index < -0.39 is 6.10 Å². The van der Waals surface area contributed by atoms with Gasteiger partial charge in [-0.1, -0.05) is 24.7 Å². The van der Waals surface area contributed by atoms with Crippen LogP contribution in [0.15, 0.2) is 0 Å². The van der Waals surface area contributed by atoms with Gasteiger partial charge in [-0.15, -0.1) is 22.6 Å². The second-order valence-corrected chi connectivity index (χ2v) is 5.72. The Bertz CT molecular complexity index is 429. The molecule has 114 valence electrons. The van der Waals surface area contributed by atoms with Crippen LogP contribution in [0.5, 0.6) is 0 Å². The smallest absolute Gasteiger partial charge is 0.255 e. The molecule has 3 N–H and O–H groups in total. The van der Waals surface area contributed by atoms with Crippen molar-refractivity contribution in [2.45, 2.75) is 51.2 Å². The number of aromatic nitrogens is 2. The van der Waals surface area contributed by atoms with Crippen molar-refractivity contribution in [1.29, 1.82) is 0 Å². The third-order valence-corrected chi connectivity index (χ3v) is 4.00. The number of carbonyl (C=O) groups excluding carboxylic acids is 1. The second-order valence-electron chi connectivity index (χ2n) is 4.65. The number of ether oxygens (including phenoxy) is 1. The average molecular weight is 321 g/mol. The molecule has 0 aliphatic carbocycles. The van der Waals surface area contributed by atoms with Crippen molar-refractivity contribution in [2.24, 2.45) is 5.73 Å². The first kappa shape index (κ1) is 17.3. The molecule has 8 heteroatoms. The number of hydrogen-bond acceptors (Lipinski definition) is 6. The van der Waals surface area contributed by atoms with Gasteiger partial charge in [0.15, 0.2) is 0 Å².